The van der Waals surface area contributed by atoms with Gasteiger partial charge < -0.3 is 0 Å². The van der Waals surface area contributed by atoms with E-state index in [1.807, 2.05) is 18.2 Å². The SMILES string of the molecule is C=CC[n+]1c(C)sc2cc(Cl)c(Cl)cc21. The maximum absolute atomic E-state index is 6.00. The maximum Gasteiger partial charge on any atom is 0.235 e. The Morgan fingerprint density at radius 1 is 1.40 bits per heavy atom. The predicted molar refractivity (Wildman–Crippen MR) is 67.0 cm³/mol. The van der Waals surface area contributed by atoms with Crippen LogP contribution < -0.4 is 4.57 Å². The van der Waals surface area contributed by atoms with Crippen LogP contribution in [0.4, 0.5) is 0 Å². The van der Waals surface area contributed by atoms with Gasteiger partial charge in [-0.2, -0.15) is 4.57 Å². The topological polar surface area (TPSA) is 3.88 Å². The van der Waals surface area contributed by atoms with Gasteiger partial charge in [-0.3, -0.25) is 0 Å². The summed E-state index contributed by atoms with van der Waals surface area (Å²) >= 11 is 13.7. The predicted octanol–water partition coefficient (Wildman–Crippen LogP) is 3.99. The van der Waals surface area contributed by atoms with Crippen molar-refractivity contribution in [3.05, 3.63) is 39.8 Å². The molecule has 0 atom stereocenters. The molecule has 1 heterocycles. The number of thiazole rings is 1. The third-order valence-corrected chi connectivity index (χ3v) is 4.03. The second kappa shape index (κ2) is 4.12. The summed E-state index contributed by atoms with van der Waals surface area (Å²) in [6.45, 7) is 6.62. The van der Waals surface area contributed by atoms with E-state index in [0.29, 0.717) is 10.0 Å². The van der Waals surface area contributed by atoms with E-state index in [1.165, 1.54) is 5.01 Å². The molecule has 15 heavy (non-hydrogen) atoms. The highest BCUT2D eigenvalue weighted by Gasteiger charge is 2.17. The van der Waals surface area contributed by atoms with Gasteiger partial charge in [0.2, 0.25) is 10.5 Å². The molecule has 0 bridgehead atoms. The van der Waals surface area contributed by atoms with Crippen molar-refractivity contribution in [2.24, 2.45) is 0 Å². The first-order valence-corrected chi connectivity index (χ1v) is 6.09. The first-order chi connectivity index (χ1) is 7.13. The normalized spacial score (nSPS) is 10.9. The number of hydrogen-bond donors (Lipinski definition) is 0. The third-order valence-electron chi connectivity index (χ3n) is 2.24. The molecule has 2 rings (SSSR count). The number of aromatic nitrogens is 1. The molecular formula is C11H10Cl2NS+. The molecule has 0 fully saturated rings. The van der Waals surface area contributed by atoms with Crippen LogP contribution in [0, 0.1) is 6.92 Å². The summed E-state index contributed by atoms with van der Waals surface area (Å²) in [5.41, 5.74) is 1.12. The van der Waals surface area contributed by atoms with E-state index in [4.69, 9.17) is 23.2 Å². The Kier molecular flexibility index (Phi) is 3.01. The number of nitrogens with zero attached hydrogens (tertiary/aromatic N) is 1. The fraction of sp³-hybridized carbons (Fsp3) is 0.182. The largest absolute Gasteiger partial charge is 0.235 e. The number of benzene rings is 1. The van der Waals surface area contributed by atoms with Crippen LogP contribution in [0.5, 0.6) is 0 Å². The van der Waals surface area contributed by atoms with Crippen LogP contribution in [0.2, 0.25) is 10.0 Å². The maximum atomic E-state index is 6.00. The monoisotopic (exact) mass is 258 g/mol. The van der Waals surface area contributed by atoms with E-state index in [0.717, 1.165) is 16.8 Å². The molecule has 1 aromatic heterocycles. The number of rotatable bonds is 2. The van der Waals surface area contributed by atoms with E-state index in [9.17, 15) is 0 Å². The third kappa shape index (κ3) is 1.89. The highest BCUT2D eigenvalue weighted by atomic mass is 35.5. The Hall–Kier alpha value is -0.570. The van der Waals surface area contributed by atoms with Gasteiger partial charge in [-0.05, 0) is 12.1 Å². The van der Waals surface area contributed by atoms with Crippen LogP contribution in [0.3, 0.4) is 0 Å². The van der Waals surface area contributed by atoms with Gasteiger partial charge in [0.15, 0.2) is 6.54 Å². The molecule has 1 aromatic carbocycles. The van der Waals surface area contributed by atoms with Crippen molar-refractivity contribution < 1.29 is 4.57 Å². The van der Waals surface area contributed by atoms with Gasteiger partial charge in [0.25, 0.3) is 0 Å². The van der Waals surface area contributed by atoms with Crippen molar-refractivity contribution >= 4 is 44.8 Å². The molecule has 0 unspecified atom stereocenters. The molecule has 0 amide bonds. The molecule has 1 nitrogen and oxygen atoms in total. The van der Waals surface area contributed by atoms with Gasteiger partial charge in [-0.1, -0.05) is 41.1 Å². The number of aryl methyl sites for hydroxylation is 1. The molecular weight excluding hydrogens is 249 g/mol. The molecule has 78 valence electrons. The van der Waals surface area contributed by atoms with Gasteiger partial charge in [0.05, 0.1) is 10.0 Å². The molecule has 0 spiro atoms. The highest BCUT2D eigenvalue weighted by molar-refractivity contribution is 7.18. The summed E-state index contributed by atoms with van der Waals surface area (Å²) in [5, 5.41) is 2.43. The number of allylic oxidation sites excluding steroid dienone is 1. The van der Waals surface area contributed by atoms with Crippen molar-refractivity contribution in [1.29, 1.82) is 0 Å². The summed E-state index contributed by atoms with van der Waals surface area (Å²) in [6.07, 6.45) is 1.88. The molecule has 0 aliphatic rings. The van der Waals surface area contributed by atoms with Crippen LogP contribution >= 0.6 is 34.5 Å². The number of hydrogen-bond acceptors (Lipinski definition) is 1. The number of halogens is 2. The quantitative estimate of drug-likeness (QED) is 0.567. The summed E-state index contributed by atoms with van der Waals surface area (Å²) in [7, 11) is 0. The lowest BCUT2D eigenvalue weighted by Crippen LogP contribution is -2.33. The lowest BCUT2D eigenvalue weighted by Gasteiger charge is -1.94. The standard InChI is InChI=1S/C11H10Cl2NS/c1-3-4-14-7(2)15-11-6-9(13)8(12)5-10(11)14/h3,5-6H,1,4H2,2H3/q+1. The van der Waals surface area contributed by atoms with Crippen molar-refractivity contribution in [1.82, 2.24) is 0 Å². The van der Waals surface area contributed by atoms with Crippen molar-refractivity contribution in [3.8, 4) is 0 Å². The summed E-state index contributed by atoms with van der Waals surface area (Å²) in [4.78, 5) is 0. The van der Waals surface area contributed by atoms with Gasteiger partial charge in [-0.25, -0.2) is 0 Å². The van der Waals surface area contributed by atoms with Crippen molar-refractivity contribution in [3.63, 3.8) is 0 Å². The van der Waals surface area contributed by atoms with Gasteiger partial charge in [-0.15, -0.1) is 0 Å². The van der Waals surface area contributed by atoms with Crippen LogP contribution in [0.1, 0.15) is 5.01 Å². The second-order valence-electron chi connectivity index (χ2n) is 3.25. The molecule has 0 aliphatic heterocycles. The summed E-state index contributed by atoms with van der Waals surface area (Å²) in [5.74, 6) is 0. The fourth-order valence-corrected chi connectivity index (χ4v) is 2.99. The molecule has 4 heteroatoms. The minimum absolute atomic E-state index is 0.597. The first-order valence-electron chi connectivity index (χ1n) is 4.52. The molecule has 0 saturated carbocycles. The van der Waals surface area contributed by atoms with E-state index >= 15 is 0 Å². The van der Waals surface area contributed by atoms with E-state index in [-0.39, 0.29) is 0 Å². The molecule has 0 N–H and O–H groups in total. The molecule has 0 aliphatic carbocycles. The Balaban J connectivity index is 2.75. The van der Waals surface area contributed by atoms with Gasteiger partial charge >= 0.3 is 0 Å². The zero-order chi connectivity index (χ0) is 11.0. The fourth-order valence-electron chi connectivity index (χ4n) is 1.55. The minimum atomic E-state index is 0.597. The Labute approximate surface area is 103 Å². The van der Waals surface area contributed by atoms with E-state index in [2.05, 4.69) is 18.1 Å². The average Bonchev–Trinajstić information content (AvgIpc) is 2.46. The van der Waals surface area contributed by atoms with Gasteiger partial charge in [0, 0.05) is 13.0 Å². The van der Waals surface area contributed by atoms with E-state index < -0.39 is 0 Å². The summed E-state index contributed by atoms with van der Waals surface area (Å²) in [6, 6.07) is 3.82. The second-order valence-corrected chi connectivity index (χ2v) is 5.30. The molecule has 0 radical (unpaired) electrons. The number of fused-ring (bicyclic) bond motifs is 1. The Morgan fingerprint density at radius 2 is 2.07 bits per heavy atom. The Morgan fingerprint density at radius 3 is 2.73 bits per heavy atom. The van der Waals surface area contributed by atoms with Gasteiger partial charge in [0.1, 0.15) is 4.70 Å². The van der Waals surface area contributed by atoms with Crippen LogP contribution in [-0.2, 0) is 6.54 Å². The van der Waals surface area contributed by atoms with Crippen molar-refractivity contribution in [2.75, 3.05) is 0 Å². The Bertz CT molecular complexity index is 531. The highest BCUT2D eigenvalue weighted by Crippen LogP contribution is 2.29. The zero-order valence-electron chi connectivity index (χ0n) is 8.26. The van der Waals surface area contributed by atoms with Crippen molar-refractivity contribution in [2.45, 2.75) is 13.5 Å². The molecule has 2 aromatic rings. The van der Waals surface area contributed by atoms with Crippen LogP contribution in [0.25, 0.3) is 10.2 Å². The van der Waals surface area contributed by atoms with E-state index in [1.54, 1.807) is 11.3 Å². The summed E-state index contributed by atoms with van der Waals surface area (Å²) < 4.78 is 3.33. The van der Waals surface area contributed by atoms with Crippen LogP contribution in [-0.4, -0.2) is 0 Å². The smallest absolute Gasteiger partial charge is 0.182 e. The minimum Gasteiger partial charge on any atom is -0.182 e. The average molecular weight is 259 g/mol. The lowest BCUT2D eigenvalue weighted by atomic mass is 10.3. The first kappa shape index (κ1) is 10.9. The lowest BCUT2D eigenvalue weighted by molar-refractivity contribution is -0.662. The molecule has 0 saturated heterocycles. The zero-order valence-corrected chi connectivity index (χ0v) is 10.6. The van der Waals surface area contributed by atoms with Crippen LogP contribution in [0.15, 0.2) is 24.8 Å².